The molecule has 5 heteroatoms. The first kappa shape index (κ1) is 27.0. The van der Waals surface area contributed by atoms with Gasteiger partial charge in [-0.05, 0) is 48.9 Å². The first-order valence-electron chi connectivity index (χ1n) is 13.3. The third-order valence-electron chi connectivity index (χ3n) is 7.15. The molecule has 1 atom stereocenters. The molecule has 0 aliphatic heterocycles. The Kier molecular flexibility index (Phi) is 9.84. The zero-order valence-electron chi connectivity index (χ0n) is 22.0. The van der Waals surface area contributed by atoms with Crippen LogP contribution >= 0.6 is 11.8 Å². The Hall–Kier alpha value is -3.05. The van der Waals surface area contributed by atoms with Crippen molar-refractivity contribution in [2.75, 3.05) is 5.75 Å². The summed E-state index contributed by atoms with van der Waals surface area (Å²) >= 11 is 1.61. The van der Waals surface area contributed by atoms with Crippen molar-refractivity contribution < 1.29 is 9.59 Å². The predicted molar refractivity (Wildman–Crippen MR) is 153 cm³/mol. The molecule has 2 amide bonds. The van der Waals surface area contributed by atoms with Crippen LogP contribution in [0.15, 0.2) is 78.9 Å². The fourth-order valence-electron chi connectivity index (χ4n) is 5.03. The number of thioether (sulfide) groups is 1. The van der Waals surface area contributed by atoms with Gasteiger partial charge < -0.3 is 10.2 Å². The van der Waals surface area contributed by atoms with Gasteiger partial charge in [-0.25, -0.2) is 0 Å². The number of amides is 2. The Bertz CT molecular complexity index is 1170. The first-order valence-corrected chi connectivity index (χ1v) is 14.5. The molecule has 0 saturated heterocycles. The summed E-state index contributed by atoms with van der Waals surface area (Å²) in [5.74, 6) is 1.07. The molecule has 0 heterocycles. The van der Waals surface area contributed by atoms with Gasteiger partial charge in [0.25, 0.3) is 0 Å². The van der Waals surface area contributed by atoms with Crippen molar-refractivity contribution in [3.05, 3.63) is 107 Å². The van der Waals surface area contributed by atoms with Crippen LogP contribution < -0.4 is 5.32 Å². The molecule has 0 spiro atoms. The highest BCUT2D eigenvalue weighted by molar-refractivity contribution is 7.99. The summed E-state index contributed by atoms with van der Waals surface area (Å²) in [6.07, 6.45) is 4.83. The van der Waals surface area contributed by atoms with Crippen molar-refractivity contribution in [3.63, 3.8) is 0 Å². The van der Waals surface area contributed by atoms with Crippen LogP contribution in [0.2, 0.25) is 0 Å². The molecule has 1 saturated carbocycles. The van der Waals surface area contributed by atoms with Crippen molar-refractivity contribution >= 4 is 23.6 Å². The average Bonchev–Trinajstić information content (AvgIpc) is 3.41. The number of aryl methyl sites for hydroxylation is 2. The van der Waals surface area contributed by atoms with Crippen LogP contribution in [-0.4, -0.2) is 34.6 Å². The molecular formula is C32H38N2O2S. The van der Waals surface area contributed by atoms with Crippen LogP contribution in [0.1, 0.15) is 53.5 Å². The van der Waals surface area contributed by atoms with E-state index in [0.29, 0.717) is 18.7 Å². The SMILES string of the molecule is Cc1cccc(CSCC(=O)N(Cc2ccccc2C)C(Cc2ccccc2)C(=O)NC2CCCC2)c1. The van der Waals surface area contributed by atoms with Crippen LogP contribution in [0.4, 0.5) is 0 Å². The Morgan fingerprint density at radius 1 is 0.919 bits per heavy atom. The minimum Gasteiger partial charge on any atom is -0.352 e. The second kappa shape index (κ2) is 13.5. The van der Waals surface area contributed by atoms with Gasteiger partial charge in [0.2, 0.25) is 11.8 Å². The van der Waals surface area contributed by atoms with E-state index < -0.39 is 6.04 Å². The van der Waals surface area contributed by atoms with Crippen LogP contribution in [0.25, 0.3) is 0 Å². The van der Waals surface area contributed by atoms with Gasteiger partial charge in [0.15, 0.2) is 0 Å². The van der Waals surface area contributed by atoms with Crippen LogP contribution in [0.3, 0.4) is 0 Å². The van der Waals surface area contributed by atoms with E-state index in [-0.39, 0.29) is 17.9 Å². The van der Waals surface area contributed by atoms with Crippen LogP contribution in [0.5, 0.6) is 0 Å². The minimum atomic E-state index is -0.560. The quantitative estimate of drug-likeness (QED) is 0.330. The zero-order chi connectivity index (χ0) is 26.0. The number of nitrogens with zero attached hydrogens (tertiary/aromatic N) is 1. The molecule has 0 bridgehead atoms. The van der Waals surface area contributed by atoms with Crippen molar-refractivity contribution in [2.45, 2.75) is 70.3 Å². The molecule has 3 aromatic carbocycles. The molecule has 3 aromatic rings. The molecular weight excluding hydrogens is 476 g/mol. The number of carbonyl (C=O) groups is 2. The van der Waals surface area contributed by atoms with Gasteiger partial charge in [0, 0.05) is 24.8 Å². The maximum Gasteiger partial charge on any atom is 0.243 e. The lowest BCUT2D eigenvalue weighted by Crippen LogP contribution is -2.52. The van der Waals surface area contributed by atoms with E-state index >= 15 is 0 Å². The maximum absolute atomic E-state index is 13.8. The van der Waals surface area contributed by atoms with Gasteiger partial charge in [-0.3, -0.25) is 9.59 Å². The van der Waals surface area contributed by atoms with Crippen LogP contribution in [0, 0.1) is 13.8 Å². The molecule has 0 radical (unpaired) electrons. The lowest BCUT2D eigenvalue weighted by Gasteiger charge is -2.32. The minimum absolute atomic E-state index is 0.00316. The molecule has 4 nitrogen and oxygen atoms in total. The van der Waals surface area contributed by atoms with E-state index in [1.165, 1.54) is 11.1 Å². The molecule has 1 unspecified atom stereocenters. The number of carbonyl (C=O) groups excluding carboxylic acids is 2. The summed E-state index contributed by atoms with van der Waals surface area (Å²) in [5, 5.41) is 3.28. The Morgan fingerprint density at radius 2 is 1.62 bits per heavy atom. The second-order valence-corrected chi connectivity index (χ2v) is 11.1. The van der Waals surface area contributed by atoms with E-state index in [1.807, 2.05) is 47.4 Å². The molecule has 194 valence electrons. The van der Waals surface area contributed by atoms with Gasteiger partial charge in [-0.15, -0.1) is 11.8 Å². The van der Waals surface area contributed by atoms with Gasteiger partial charge in [-0.1, -0.05) is 97.3 Å². The summed E-state index contributed by atoms with van der Waals surface area (Å²) < 4.78 is 0. The Labute approximate surface area is 225 Å². The second-order valence-electron chi connectivity index (χ2n) is 10.1. The molecule has 0 aromatic heterocycles. The molecule has 1 fully saturated rings. The van der Waals surface area contributed by atoms with Gasteiger partial charge in [0.05, 0.1) is 5.75 Å². The first-order chi connectivity index (χ1) is 18.0. The fraction of sp³-hybridized carbons (Fsp3) is 0.375. The molecule has 1 N–H and O–H groups in total. The number of rotatable bonds is 11. The largest absolute Gasteiger partial charge is 0.352 e. The summed E-state index contributed by atoms with van der Waals surface area (Å²) in [7, 11) is 0. The van der Waals surface area contributed by atoms with E-state index in [9.17, 15) is 9.59 Å². The van der Waals surface area contributed by atoms with Crippen molar-refractivity contribution in [2.24, 2.45) is 0 Å². The van der Waals surface area contributed by atoms with Crippen molar-refractivity contribution in [1.29, 1.82) is 0 Å². The summed E-state index contributed by atoms with van der Waals surface area (Å²) in [6.45, 7) is 4.57. The zero-order valence-corrected chi connectivity index (χ0v) is 22.8. The maximum atomic E-state index is 13.8. The fourth-order valence-corrected chi connectivity index (χ4v) is 5.89. The highest BCUT2D eigenvalue weighted by Crippen LogP contribution is 2.22. The Morgan fingerprint density at radius 3 is 2.35 bits per heavy atom. The predicted octanol–water partition coefficient (Wildman–Crippen LogP) is 6.24. The van der Waals surface area contributed by atoms with E-state index in [2.05, 4.69) is 55.6 Å². The summed E-state index contributed by atoms with van der Waals surface area (Å²) in [5.41, 5.74) is 5.69. The normalized spacial score (nSPS) is 14.3. The Balaban J connectivity index is 1.57. The summed E-state index contributed by atoms with van der Waals surface area (Å²) in [6, 6.07) is 26.2. The topological polar surface area (TPSA) is 49.4 Å². The number of nitrogens with one attached hydrogen (secondary N) is 1. The number of benzene rings is 3. The lowest BCUT2D eigenvalue weighted by atomic mass is 10.0. The van der Waals surface area contributed by atoms with Crippen LogP contribution in [-0.2, 0) is 28.3 Å². The van der Waals surface area contributed by atoms with Crippen molar-refractivity contribution in [1.82, 2.24) is 10.2 Å². The monoisotopic (exact) mass is 514 g/mol. The number of hydrogen-bond donors (Lipinski definition) is 1. The van der Waals surface area contributed by atoms with Gasteiger partial charge in [-0.2, -0.15) is 0 Å². The van der Waals surface area contributed by atoms with E-state index in [0.717, 1.165) is 48.1 Å². The van der Waals surface area contributed by atoms with Gasteiger partial charge >= 0.3 is 0 Å². The smallest absolute Gasteiger partial charge is 0.243 e. The highest BCUT2D eigenvalue weighted by Gasteiger charge is 2.32. The van der Waals surface area contributed by atoms with Gasteiger partial charge in [0.1, 0.15) is 6.04 Å². The molecule has 1 aliphatic rings. The van der Waals surface area contributed by atoms with Crippen molar-refractivity contribution in [3.8, 4) is 0 Å². The lowest BCUT2D eigenvalue weighted by molar-refractivity contribution is -0.139. The summed E-state index contributed by atoms with van der Waals surface area (Å²) in [4.78, 5) is 29.4. The number of hydrogen-bond acceptors (Lipinski definition) is 3. The third kappa shape index (κ3) is 7.96. The van der Waals surface area contributed by atoms with E-state index in [4.69, 9.17) is 0 Å². The highest BCUT2D eigenvalue weighted by atomic mass is 32.2. The molecule has 1 aliphatic carbocycles. The molecule has 37 heavy (non-hydrogen) atoms. The van der Waals surface area contributed by atoms with E-state index in [1.54, 1.807) is 11.8 Å². The molecule has 4 rings (SSSR count). The standard InChI is InChI=1S/C32H38N2O2S/c1-24-11-10-15-27(19-24)22-37-23-31(35)34(21-28-16-7-6-12-25(28)2)30(20-26-13-4-3-5-14-26)32(36)33-29-17-8-9-18-29/h3-7,10-16,19,29-30H,8-9,17-18,20-23H2,1-2H3,(H,33,36). The third-order valence-corrected chi connectivity index (χ3v) is 8.14. The average molecular weight is 515 g/mol.